The zero-order valence-corrected chi connectivity index (χ0v) is 13.6. The number of cyclic esters (lactones) is 2. The second-order valence-electron chi connectivity index (χ2n) is 5.98. The molecule has 0 aliphatic carbocycles. The molecule has 1 aliphatic heterocycles. The lowest BCUT2D eigenvalue weighted by Crippen LogP contribution is -2.59. The zero-order chi connectivity index (χ0) is 16.6. The molecule has 0 unspecified atom stereocenters. The molecule has 0 aromatic rings. The molecule has 0 aromatic carbocycles. The molecule has 0 atom stereocenters. The molecule has 1 fully saturated rings. The van der Waals surface area contributed by atoms with Crippen LogP contribution in [0.15, 0.2) is 0 Å². The van der Waals surface area contributed by atoms with Crippen LogP contribution in [0.4, 0.5) is 0 Å². The summed E-state index contributed by atoms with van der Waals surface area (Å²) in [4.78, 5) is 23.6. The predicted molar refractivity (Wildman–Crippen MR) is 79.6 cm³/mol. The fourth-order valence-electron chi connectivity index (χ4n) is 2.54. The van der Waals surface area contributed by atoms with Gasteiger partial charge in [-0.3, -0.25) is 9.59 Å². The van der Waals surface area contributed by atoms with Gasteiger partial charge in [-0.25, -0.2) is 0 Å². The topological polar surface area (TPSA) is 93.1 Å². The molecule has 0 saturated carbocycles. The molecule has 1 rings (SSSR count). The first kappa shape index (κ1) is 18.9. The molecule has 0 spiro atoms. The number of rotatable bonds is 7. The molecule has 1 aliphatic rings. The van der Waals surface area contributed by atoms with Crippen LogP contribution in [0.5, 0.6) is 0 Å². The maximum absolute atomic E-state index is 11.8. The fraction of sp³-hybridized carbons (Fsp3) is 0.875. The van der Waals surface area contributed by atoms with Crippen LogP contribution in [0.1, 0.15) is 78.1 Å². The van der Waals surface area contributed by atoms with Gasteiger partial charge in [-0.2, -0.15) is 0 Å². The van der Waals surface area contributed by atoms with Crippen molar-refractivity contribution in [3.63, 3.8) is 0 Å². The van der Waals surface area contributed by atoms with Crippen LogP contribution in [0, 0.1) is 0 Å². The molecule has 6 nitrogen and oxygen atoms in total. The standard InChI is InChI=1S/C16H28O6/c1-3-5-11-15(19,12-6-4-2)16(20)21-13(17)9-7-8-10-14(18)22-16/h19-20H,3-12H2,1-2H3. The molecular weight excluding hydrogens is 288 g/mol. The van der Waals surface area contributed by atoms with Crippen molar-refractivity contribution in [2.45, 2.75) is 89.6 Å². The Morgan fingerprint density at radius 2 is 1.41 bits per heavy atom. The number of esters is 2. The molecule has 0 aromatic heterocycles. The minimum Gasteiger partial charge on any atom is -0.396 e. The van der Waals surface area contributed by atoms with E-state index in [9.17, 15) is 19.8 Å². The highest BCUT2D eigenvalue weighted by molar-refractivity contribution is 5.73. The van der Waals surface area contributed by atoms with Gasteiger partial charge in [0.2, 0.25) is 0 Å². The van der Waals surface area contributed by atoms with E-state index in [4.69, 9.17) is 9.47 Å². The maximum Gasteiger partial charge on any atom is 0.404 e. The zero-order valence-electron chi connectivity index (χ0n) is 13.6. The molecule has 6 heteroatoms. The number of hydrogen-bond acceptors (Lipinski definition) is 6. The average Bonchev–Trinajstić information content (AvgIpc) is 2.52. The lowest BCUT2D eigenvalue weighted by molar-refractivity contribution is -0.395. The van der Waals surface area contributed by atoms with Crippen LogP contribution in [-0.4, -0.2) is 33.7 Å². The molecule has 22 heavy (non-hydrogen) atoms. The number of hydrogen-bond donors (Lipinski definition) is 2. The van der Waals surface area contributed by atoms with E-state index in [1.807, 2.05) is 13.8 Å². The molecule has 0 amide bonds. The number of carbonyl (C=O) groups excluding carboxylic acids is 2. The van der Waals surface area contributed by atoms with Gasteiger partial charge in [0.05, 0.1) is 0 Å². The van der Waals surface area contributed by atoms with Crippen LogP contribution in [-0.2, 0) is 19.1 Å². The Hall–Kier alpha value is -1.14. The van der Waals surface area contributed by atoms with Crippen molar-refractivity contribution in [1.82, 2.24) is 0 Å². The van der Waals surface area contributed by atoms with Crippen LogP contribution >= 0.6 is 0 Å². The number of aliphatic hydroxyl groups is 2. The quantitative estimate of drug-likeness (QED) is 0.701. The van der Waals surface area contributed by atoms with E-state index in [1.165, 1.54) is 0 Å². The Bertz CT molecular complexity index is 351. The number of carbonyl (C=O) groups is 2. The Labute approximate surface area is 131 Å². The predicted octanol–water partition coefficient (Wildman–Crippen LogP) is 2.40. The van der Waals surface area contributed by atoms with E-state index in [1.54, 1.807) is 0 Å². The Morgan fingerprint density at radius 1 is 1.00 bits per heavy atom. The lowest BCUT2D eigenvalue weighted by atomic mass is 9.88. The highest BCUT2D eigenvalue weighted by atomic mass is 16.9. The van der Waals surface area contributed by atoms with Gasteiger partial charge >= 0.3 is 17.9 Å². The SMILES string of the molecule is CCCCC(O)(CCCC)C1(O)OC(=O)CCCCC(=O)O1. The first-order valence-corrected chi connectivity index (χ1v) is 8.25. The van der Waals surface area contributed by atoms with E-state index >= 15 is 0 Å². The molecular formula is C16H28O6. The van der Waals surface area contributed by atoms with Crippen molar-refractivity contribution in [1.29, 1.82) is 0 Å². The van der Waals surface area contributed by atoms with E-state index in [2.05, 4.69) is 0 Å². The van der Waals surface area contributed by atoms with Crippen molar-refractivity contribution in [2.75, 3.05) is 0 Å². The minimum atomic E-state index is -2.60. The molecule has 128 valence electrons. The van der Waals surface area contributed by atoms with Gasteiger partial charge in [-0.15, -0.1) is 0 Å². The Balaban J connectivity index is 3.05. The molecule has 0 bridgehead atoms. The normalized spacial score (nSPS) is 19.6. The van der Waals surface area contributed by atoms with Crippen LogP contribution < -0.4 is 0 Å². The highest BCUT2D eigenvalue weighted by Crippen LogP contribution is 2.36. The third kappa shape index (κ3) is 4.95. The van der Waals surface area contributed by atoms with Gasteiger partial charge in [-0.1, -0.05) is 39.5 Å². The van der Waals surface area contributed by atoms with E-state index < -0.39 is 23.5 Å². The van der Waals surface area contributed by atoms with Crippen molar-refractivity contribution >= 4 is 11.9 Å². The van der Waals surface area contributed by atoms with E-state index in [-0.39, 0.29) is 25.7 Å². The second-order valence-corrected chi connectivity index (χ2v) is 5.98. The lowest BCUT2D eigenvalue weighted by Gasteiger charge is -2.40. The summed E-state index contributed by atoms with van der Waals surface area (Å²) in [5.41, 5.74) is -1.78. The number of unbranched alkanes of at least 4 members (excludes halogenated alkanes) is 2. The van der Waals surface area contributed by atoms with Crippen LogP contribution in [0.3, 0.4) is 0 Å². The van der Waals surface area contributed by atoms with E-state index in [0.29, 0.717) is 25.7 Å². The van der Waals surface area contributed by atoms with Gasteiger partial charge in [0.1, 0.15) is 0 Å². The summed E-state index contributed by atoms with van der Waals surface area (Å²) in [5.74, 6) is -3.93. The van der Waals surface area contributed by atoms with Crippen molar-refractivity contribution < 1.29 is 29.3 Å². The summed E-state index contributed by atoms with van der Waals surface area (Å²) in [6.07, 6.45) is 4.40. The van der Waals surface area contributed by atoms with Gasteiger partial charge in [0, 0.05) is 12.8 Å². The smallest absolute Gasteiger partial charge is 0.396 e. The maximum atomic E-state index is 11.8. The third-order valence-corrected chi connectivity index (χ3v) is 3.99. The third-order valence-electron chi connectivity index (χ3n) is 3.99. The molecule has 1 heterocycles. The van der Waals surface area contributed by atoms with Crippen molar-refractivity contribution in [3.05, 3.63) is 0 Å². The van der Waals surface area contributed by atoms with Gasteiger partial charge in [-0.05, 0) is 25.7 Å². The summed E-state index contributed by atoms with van der Waals surface area (Å²) in [5, 5.41) is 21.6. The Kier molecular flexibility index (Phi) is 7.29. The summed E-state index contributed by atoms with van der Waals surface area (Å²) in [6.45, 7) is 3.90. The van der Waals surface area contributed by atoms with Gasteiger partial charge in [0.25, 0.3) is 0 Å². The van der Waals surface area contributed by atoms with Crippen molar-refractivity contribution in [3.8, 4) is 0 Å². The summed E-state index contributed by atoms with van der Waals surface area (Å²) >= 11 is 0. The van der Waals surface area contributed by atoms with Crippen LogP contribution in [0.2, 0.25) is 0 Å². The summed E-state index contributed by atoms with van der Waals surface area (Å²) in [6, 6.07) is 0. The first-order valence-electron chi connectivity index (χ1n) is 8.25. The largest absolute Gasteiger partial charge is 0.404 e. The first-order chi connectivity index (χ1) is 10.4. The summed E-state index contributed by atoms with van der Waals surface area (Å²) < 4.78 is 10.0. The minimum absolute atomic E-state index is 0.0938. The van der Waals surface area contributed by atoms with Gasteiger partial charge in [0.15, 0.2) is 5.60 Å². The van der Waals surface area contributed by atoms with Crippen molar-refractivity contribution in [2.24, 2.45) is 0 Å². The molecule has 0 radical (unpaired) electrons. The Morgan fingerprint density at radius 3 is 1.77 bits per heavy atom. The highest BCUT2D eigenvalue weighted by Gasteiger charge is 2.56. The monoisotopic (exact) mass is 316 g/mol. The number of ether oxygens (including phenoxy) is 2. The molecule has 1 saturated heterocycles. The average molecular weight is 316 g/mol. The van der Waals surface area contributed by atoms with E-state index in [0.717, 1.165) is 12.8 Å². The van der Waals surface area contributed by atoms with Crippen LogP contribution in [0.25, 0.3) is 0 Å². The fourth-order valence-corrected chi connectivity index (χ4v) is 2.54. The second kappa shape index (κ2) is 8.48. The van der Waals surface area contributed by atoms with Gasteiger partial charge < -0.3 is 19.7 Å². The molecule has 2 N–H and O–H groups in total. The summed E-state index contributed by atoms with van der Waals surface area (Å²) in [7, 11) is 0.